The smallest absolute Gasteiger partial charge is 0.405 e. The van der Waals surface area contributed by atoms with Crippen molar-refractivity contribution in [3.05, 3.63) is 35.9 Å². The van der Waals surface area contributed by atoms with Crippen molar-refractivity contribution in [3.8, 4) is 5.75 Å². The summed E-state index contributed by atoms with van der Waals surface area (Å²) in [4.78, 5) is 0. The second kappa shape index (κ2) is 7.19. The lowest BCUT2D eigenvalue weighted by Gasteiger charge is -2.11. The topological polar surface area (TPSA) is 21.3 Å². The van der Waals surface area contributed by atoms with E-state index in [1.54, 1.807) is 24.3 Å². The lowest BCUT2D eigenvalue weighted by Crippen LogP contribution is -2.19. The van der Waals surface area contributed by atoms with Crippen LogP contribution in [0.5, 0.6) is 5.75 Å². The molecule has 0 unspecified atom stereocenters. The van der Waals surface area contributed by atoms with Crippen molar-refractivity contribution in [2.24, 2.45) is 5.92 Å². The first-order chi connectivity index (χ1) is 8.88. The lowest BCUT2D eigenvalue weighted by atomic mass is 10.2. The third-order valence-corrected chi connectivity index (χ3v) is 2.26. The van der Waals surface area contributed by atoms with Crippen LogP contribution in [0.2, 0.25) is 0 Å². The van der Waals surface area contributed by atoms with Gasteiger partial charge in [0, 0.05) is 12.1 Å². The third kappa shape index (κ3) is 6.86. The maximum atomic E-state index is 12.2. The van der Waals surface area contributed by atoms with E-state index in [1.807, 2.05) is 0 Å². The van der Waals surface area contributed by atoms with E-state index in [2.05, 4.69) is 23.9 Å². The summed E-state index contributed by atoms with van der Waals surface area (Å²) in [6.07, 6.45) is -1.27. The minimum absolute atomic E-state index is 0.185. The molecular weight excluding hydrogens is 255 g/mol. The largest absolute Gasteiger partial charge is 0.573 e. The van der Waals surface area contributed by atoms with E-state index in [0.29, 0.717) is 18.0 Å². The number of nitrogens with one attached hydrogen (secondary N) is 1. The summed E-state index contributed by atoms with van der Waals surface area (Å²) in [5, 5.41) is 3.17. The number of rotatable bonds is 6. The standard InChI is InChI=1S/C14H18F3NO/c1-11(2)10-18-9-5-7-12-6-3-4-8-13(12)19-14(15,16)17/h3-8,11,18H,9-10H2,1-2H3. The number of para-hydroxylation sites is 1. The summed E-state index contributed by atoms with van der Waals surface area (Å²) in [7, 11) is 0. The average Bonchev–Trinajstić information content (AvgIpc) is 2.28. The molecule has 0 aliphatic heterocycles. The number of hydrogen-bond donors (Lipinski definition) is 1. The van der Waals surface area contributed by atoms with Crippen LogP contribution in [0.25, 0.3) is 6.08 Å². The van der Waals surface area contributed by atoms with Crippen molar-refractivity contribution in [1.82, 2.24) is 5.32 Å². The molecule has 2 nitrogen and oxygen atoms in total. The predicted octanol–water partition coefficient (Wildman–Crippen LogP) is 3.84. The average molecular weight is 273 g/mol. The monoisotopic (exact) mass is 273 g/mol. The molecule has 0 heterocycles. The van der Waals surface area contributed by atoms with Gasteiger partial charge in [-0.05, 0) is 18.5 Å². The Morgan fingerprint density at radius 2 is 1.95 bits per heavy atom. The van der Waals surface area contributed by atoms with Gasteiger partial charge in [0.15, 0.2) is 0 Å². The third-order valence-electron chi connectivity index (χ3n) is 2.26. The van der Waals surface area contributed by atoms with Crippen LogP contribution in [0.4, 0.5) is 13.2 Å². The van der Waals surface area contributed by atoms with Crippen molar-refractivity contribution < 1.29 is 17.9 Å². The zero-order chi connectivity index (χ0) is 14.3. The summed E-state index contributed by atoms with van der Waals surface area (Å²) in [6.45, 7) is 5.65. The molecule has 0 saturated carbocycles. The quantitative estimate of drug-likeness (QED) is 0.795. The van der Waals surface area contributed by atoms with Crippen LogP contribution in [0.1, 0.15) is 19.4 Å². The molecule has 0 atom stereocenters. The molecular formula is C14H18F3NO. The van der Waals surface area contributed by atoms with Gasteiger partial charge in [-0.25, -0.2) is 0 Å². The van der Waals surface area contributed by atoms with Gasteiger partial charge in [-0.3, -0.25) is 0 Å². The first-order valence-corrected chi connectivity index (χ1v) is 6.10. The van der Waals surface area contributed by atoms with Gasteiger partial charge in [0.25, 0.3) is 0 Å². The zero-order valence-electron chi connectivity index (χ0n) is 11.0. The fourth-order valence-corrected chi connectivity index (χ4v) is 1.48. The van der Waals surface area contributed by atoms with E-state index in [0.717, 1.165) is 6.54 Å². The molecule has 1 N–H and O–H groups in total. The van der Waals surface area contributed by atoms with Gasteiger partial charge < -0.3 is 10.1 Å². The Morgan fingerprint density at radius 3 is 2.58 bits per heavy atom. The molecule has 0 fully saturated rings. The van der Waals surface area contributed by atoms with E-state index in [-0.39, 0.29) is 5.75 Å². The Morgan fingerprint density at radius 1 is 1.26 bits per heavy atom. The zero-order valence-corrected chi connectivity index (χ0v) is 11.0. The molecule has 1 aromatic rings. The molecule has 0 aliphatic carbocycles. The van der Waals surface area contributed by atoms with Gasteiger partial charge >= 0.3 is 6.36 Å². The highest BCUT2D eigenvalue weighted by molar-refractivity contribution is 5.57. The number of hydrogen-bond acceptors (Lipinski definition) is 2. The van der Waals surface area contributed by atoms with E-state index in [4.69, 9.17) is 0 Å². The van der Waals surface area contributed by atoms with Crippen molar-refractivity contribution >= 4 is 6.08 Å². The van der Waals surface area contributed by atoms with Crippen LogP contribution in [0.3, 0.4) is 0 Å². The Labute approximate surface area is 111 Å². The minimum atomic E-state index is -4.67. The summed E-state index contributed by atoms with van der Waals surface area (Å²) >= 11 is 0. The van der Waals surface area contributed by atoms with Crippen LogP contribution in [0, 0.1) is 5.92 Å². The predicted molar refractivity (Wildman–Crippen MR) is 69.9 cm³/mol. The first kappa shape index (κ1) is 15.6. The molecule has 0 spiro atoms. The van der Waals surface area contributed by atoms with E-state index in [9.17, 15) is 13.2 Å². The molecule has 1 rings (SSSR count). The Balaban J connectivity index is 2.60. The Kier molecular flexibility index (Phi) is 5.89. The van der Waals surface area contributed by atoms with Crippen LogP contribution in [-0.4, -0.2) is 19.5 Å². The van der Waals surface area contributed by atoms with Crippen LogP contribution < -0.4 is 10.1 Å². The molecule has 0 bridgehead atoms. The second-order valence-electron chi connectivity index (χ2n) is 4.54. The fraction of sp³-hybridized carbons (Fsp3) is 0.429. The molecule has 1 aromatic carbocycles. The molecule has 5 heteroatoms. The van der Waals surface area contributed by atoms with Crippen molar-refractivity contribution in [2.45, 2.75) is 20.2 Å². The normalized spacial score (nSPS) is 12.3. The highest BCUT2D eigenvalue weighted by atomic mass is 19.4. The molecule has 106 valence electrons. The number of alkyl halides is 3. The van der Waals surface area contributed by atoms with Gasteiger partial charge in [-0.15, -0.1) is 13.2 Å². The maximum absolute atomic E-state index is 12.2. The number of halogens is 3. The van der Waals surface area contributed by atoms with Gasteiger partial charge in [0.1, 0.15) is 5.75 Å². The summed E-state index contributed by atoms with van der Waals surface area (Å²) in [6, 6.07) is 6.06. The number of ether oxygens (including phenoxy) is 1. The van der Waals surface area contributed by atoms with Crippen molar-refractivity contribution in [1.29, 1.82) is 0 Å². The fourth-order valence-electron chi connectivity index (χ4n) is 1.48. The van der Waals surface area contributed by atoms with Crippen molar-refractivity contribution in [3.63, 3.8) is 0 Å². The van der Waals surface area contributed by atoms with Crippen molar-refractivity contribution in [2.75, 3.05) is 13.1 Å². The summed E-state index contributed by atoms with van der Waals surface area (Å²) in [5.41, 5.74) is 0.408. The van der Waals surface area contributed by atoms with Crippen LogP contribution in [-0.2, 0) is 0 Å². The van der Waals surface area contributed by atoms with E-state index >= 15 is 0 Å². The SMILES string of the molecule is CC(C)CNCC=Cc1ccccc1OC(F)(F)F. The van der Waals surface area contributed by atoms with E-state index in [1.165, 1.54) is 12.1 Å². The molecule has 0 saturated heterocycles. The second-order valence-corrected chi connectivity index (χ2v) is 4.54. The van der Waals surface area contributed by atoms with Gasteiger partial charge in [0.2, 0.25) is 0 Å². The Hall–Kier alpha value is -1.49. The minimum Gasteiger partial charge on any atom is -0.405 e. The first-order valence-electron chi connectivity index (χ1n) is 6.10. The molecule has 0 amide bonds. The molecule has 0 radical (unpaired) electrons. The van der Waals surface area contributed by atoms with Gasteiger partial charge in [0.05, 0.1) is 0 Å². The van der Waals surface area contributed by atoms with E-state index < -0.39 is 6.36 Å². The number of benzene rings is 1. The maximum Gasteiger partial charge on any atom is 0.573 e. The molecule has 0 aliphatic rings. The highest BCUT2D eigenvalue weighted by Gasteiger charge is 2.31. The lowest BCUT2D eigenvalue weighted by molar-refractivity contribution is -0.274. The van der Waals surface area contributed by atoms with Crippen LogP contribution >= 0.6 is 0 Å². The molecule has 19 heavy (non-hydrogen) atoms. The summed E-state index contributed by atoms with van der Waals surface area (Å²) < 4.78 is 40.5. The Bertz CT molecular complexity index is 413. The summed E-state index contributed by atoms with van der Waals surface area (Å²) in [5.74, 6) is 0.351. The highest BCUT2D eigenvalue weighted by Crippen LogP contribution is 2.26. The van der Waals surface area contributed by atoms with Gasteiger partial charge in [-0.1, -0.05) is 44.2 Å². The van der Waals surface area contributed by atoms with Gasteiger partial charge in [-0.2, -0.15) is 0 Å². The van der Waals surface area contributed by atoms with Crippen LogP contribution in [0.15, 0.2) is 30.3 Å². The molecule has 0 aromatic heterocycles.